The first-order chi connectivity index (χ1) is 13.2. The monoisotopic (exact) mass is 379 g/mol. The maximum atomic E-state index is 12.7. The van der Waals surface area contributed by atoms with Crippen LogP contribution >= 0.6 is 11.3 Å². The van der Waals surface area contributed by atoms with Gasteiger partial charge in [-0.25, -0.2) is 9.67 Å². The summed E-state index contributed by atoms with van der Waals surface area (Å²) in [5.41, 5.74) is 1.14. The average molecular weight is 379 g/mol. The number of hydrogen-bond donors (Lipinski definition) is 1. The first-order valence-corrected chi connectivity index (χ1v) is 9.38. The van der Waals surface area contributed by atoms with Crippen LogP contribution in [0, 0.1) is 0 Å². The summed E-state index contributed by atoms with van der Waals surface area (Å²) in [4.78, 5) is 30.2. The Morgan fingerprint density at radius 3 is 2.78 bits per heavy atom. The highest BCUT2D eigenvalue weighted by Crippen LogP contribution is 2.13. The number of nitrogens with one attached hydrogen (secondary N) is 1. The Morgan fingerprint density at radius 1 is 1.15 bits per heavy atom. The van der Waals surface area contributed by atoms with Crippen molar-refractivity contribution in [3.8, 4) is 5.69 Å². The van der Waals surface area contributed by atoms with E-state index >= 15 is 0 Å². The number of carbonyl (C=O) groups is 1. The summed E-state index contributed by atoms with van der Waals surface area (Å²) in [6.07, 6.45) is 3.20. The number of rotatable bonds is 6. The second kappa shape index (κ2) is 7.55. The molecule has 0 saturated carbocycles. The SMILES string of the molecule is O=C(CCn1cnc2c(cnn2-c2ccccc2)c1=O)NCc1cccs1. The smallest absolute Gasteiger partial charge is 0.264 e. The molecule has 0 radical (unpaired) electrons. The zero-order chi connectivity index (χ0) is 18.6. The third-order valence-corrected chi connectivity index (χ3v) is 5.05. The van der Waals surface area contributed by atoms with E-state index in [1.165, 1.54) is 17.1 Å². The lowest BCUT2D eigenvalue weighted by atomic mass is 10.3. The molecule has 0 bridgehead atoms. The first kappa shape index (κ1) is 17.2. The Hall–Kier alpha value is -3.26. The second-order valence-corrected chi connectivity index (χ2v) is 7.01. The highest BCUT2D eigenvalue weighted by molar-refractivity contribution is 7.09. The standard InChI is InChI=1S/C19H17N5O2S/c25-17(20-11-15-7-4-10-27-15)8-9-23-13-21-18-16(19(23)26)12-22-24(18)14-5-2-1-3-6-14/h1-7,10,12-13H,8-9,11H2,(H,20,25). The molecule has 1 amide bonds. The Bertz CT molecular complexity index is 1120. The molecule has 0 aliphatic carbocycles. The van der Waals surface area contributed by atoms with Crippen molar-refractivity contribution in [2.24, 2.45) is 0 Å². The van der Waals surface area contributed by atoms with Gasteiger partial charge in [0.25, 0.3) is 5.56 Å². The molecule has 3 heterocycles. The molecule has 4 aromatic rings. The van der Waals surface area contributed by atoms with Gasteiger partial charge >= 0.3 is 0 Å². The Balaban J connectivity index is 1.48. The molecule has 0 fully saturated rings. The van der Waals surface area contributed by atoms with Crippen molar-refractivity contribution in [2.75, 3.05) is 0 Å². The molecule has 3 aromatic heterocycles. The van der Waals surface area contributed by atoms with Crippen LogP contribution < -0.4 is 10.9 Å². The molecule has 4 rings (SSSR count). The lowest BCUT2D eigenvalue weighted by Gasteiger charge is -2.07. The highest BCUT2D eigenvalue weighted by atomic mass is 32.1. The van der Waals surface area contributed by atoms with Crippen LogP contribution in [0.2, 0.25) is 0 Å². The van der Waals surface area contributed by atoms with Gasteiger partial charge in [-0.2, -0.15) is 5.10 Å². The average Bonchev–Trinajstić information content (AvgIpc) is 3.36. The van der Waals surface area contributed by atoms with Gasteiger partial charge in [0.2, 0.25) is 5.91 Å². The third-order valence-electron chi connectivity index (χ3n) is 4.17. The summed E-state index contributed by atoms with van der Waals surface area (Å²) in [7, 11) is 0. The maximum Gasteiger partial charge on any atom is 0.264 e. The van der Waals surface area contributed by atoms with Crippen LogP contribution in [-0.2, 0) is 17.9 Å². The van der Waals surface area contributed by atoms with Gasteiger partial charge in [0, 0.05) is 17.8 Å². The fourth-order valence-corrected chi connectivity index (χ4v) is 3.42. The van der Waals surface area contributed by atoms with E-state index in [1.807, 2.05) is 47.8 Å². The van der Waals surface area contributed by atoms with E-state index in [2.05, 4.69) is 15.4 Å². The van der Waals surface area contributed by atoms with Crippen LogP contribution in [0.25, 0.3) is 16.7 Å². The van der Waals surface area contributed by atoms with Gasteiger partial charge in [0.05, 0.1) is 24.8 Å². The van der Waals surface area contributed by atoms with Crippen molar-refractivity contribution in [2.45, 2.75) is 19.5 Å². The van der Waals surface area contributed by atoms with E-state index < -0.39 is 0 Å². The number of nitrogens with zero attached hydrogens (tertiary/aromatic N) is 4. The Labute approximate surface area is 158 Å². The van der Waals surface area contributed by atoms with Crippen molar-refractivity contribution >= 4 is 28.3 Å². The number of hydrogen-bond acceptors (Lipinski definition) is 5. The Morgan fingerprint density at radius 2 is 2.00 bits per heavy atom. The van der Waals surface area contributed by atoms with Gasteiger partial charge in [-0.1, -0.05) is 24.3 Å². The number of amides is 1. The second-order valence-electron chi connectivity index (χ2n) is 5.98. The van der Waals surface area contributed by atoms with Crippen molar-refractivity contribution in [3.63, 3.8) is 0 Å². The predicted octanol–water partition coefficient (Wildman–Crippen LogP) is 2.35. The molecule has 1 aromatic carbocycles. The summed E-state index contributed by atoms with van der Waals surface area (Å²) in [5, 5.41) is 9.54. The van der Waals surface area contributed by atoms with Crippen molar-refractivity contribution in [1.29, 1.82) is 0 Å². The van der Waals surface area contributed by atoms with Crippen LogP contribution in [0.3, 0.4) is 0 Å². The summed E-state index contributed by atoms with van der Waals surface area (Å²) < 4.78 is 3.08. The Kier molecular flexibility index (Phi) is 4.80. The molecule has 0 spiro atoms. The molecule has 0 unspecified atom stereocenters. The fraction of sp³-hybridized carbons (Fsp3) is 0.158. The molecule has 136 valence electrons. The predicted molar refractivity (Wildman–Crippen MR) is 104 cm³/mol. The topological polar surface area (TPSA) is 81.8 Å². The minimum Gasteiger partial charge on any atom is -0.351 e. The van der Waals surface area contributed by atoms with Gasteiger partial charge in [0.1, 0.15) is 5.39 Å². The van der Waals surface area contributed by atoms with E-state index in [4.69, 9.17) is 0 Å². The summed E-state index contributed by atoms with van der Waals surface area (Å²) in [5.74, 6) is -0.102. The number of benzene rings is 1. The quantitative estimate of drug-likeness (QED) is 0.558. The largest absolute Gasteiger partial charge is 0.351 e. The number of aromatic nitrogens is 4. The zero-order valence-corrected chi connectivity index (χ0v) is 15.2. The normalized spacial score (nSPS) is 11.0. The summed E-state index contributed by atoms with van der Waals surface area (Å²) in [6, 6.07) is 13.4. The summed E-state index contributed by atoms with van der Waals surface area (Å²) >= 11 is 1.59. The minimum atomic E-state index is -0.201. The molecule has 7 nitrogen and oxygen atoms in total. The number of carbonyl (C=O) groups excluding carboxylic acids is 1. The van der Waals surface area contributed by atoms with E-state index in [0.29, 0.717) is 17.6 Å². The molecule has 0 saturated heterocycles. The molecule has 1 N–H and O–H groups in total. The van der Waals surface area contributed by atoms with Crippen LogP contribution in [0.15, 0.2) is 65.2 Å². The number of para-hydroxylation sites is 1. The number of fused-ring (bicyclic) bond motifs is 1. The zero-order valence-electron chi connectivity index (χ0n) is 14.4. The van der Waals surface area contributed by atoms with Crippen LogP contribution in [0.1, 0.15) is 11.3 Å². The summed E-state index contributed by atoms with van der Waals surface area (Å²) in [6.45, 7) is 0.779. The fourth-order valence-electron chi connectivity index (χ4n) is 2.78. The lowest BCUT2D eigenvalue weighted by Crippen LogP contribution is -2.27. The molecule has 27 heavy (non-hydrogen) atoms. The highest BCUT2D eigenvalue weighted by Gasteiger charge is 2.12. The molecular formula is C19H17N5O2S. The van der Waals surface area contributed by atoms with Gasteiger partial charge in [-0.15, -0.1) is 11.3 Å². The van der Waals surface area contributed by atoms with Crippen molar-refractivity contribution in [3.05, 3.63) is 75.6 Å². The lowest BCUT2D eigenvalue weighted by molar-refractivity contribution is -0.121. The van der Waals surface area contributed by atoms with Gasteiger partial charge < -0.3 is 5.32 Å². The van der Waals surface area contributed by atoms with Crippen LogP contribution in [0.4, 0.5) is 0 Å². The van der Waals surface area contributed by atoms with Crippen LogP contribution in [0.5, 0.6) is 0 Å². The van der Waals surface area contributed by atoms with Crippen LogP contribution in [-0.4, -0.2) is 25.2 Å². The van der Waals surface area contributed by atoms with Gasteiger partial charge in [-0.3, -0.25) is 14.2 Å². The van der Waals surface area contributed by atoms with E-state index in [0.717, 1.165) is 10.6 Å². The molecule has 0 aliphatic rings. The number of thiophene rings is 1. The minimum absolute atomic E-state index is 0.102. The number of aryl methyl sites for hydroxylation is 1. The molecular weight excluding hydrogens is 362 g/mol. The van der Waals surface area contributed by atoms with Gasteiger partial charge in [0.15, 0.2) is 5.65 Å². The molecule has 8 heteroatoms. The van der Waals surface area contributed by atoms with Crippen molar-refractivity contribution in [1.82, 2.24) is 24.6 Å². The third kappa shape index (κ3) is 3.65. The van der Waals surface area contributed by atoms with E-state index in [9.17, 15) is 9.59 Å². The van der Waals surface area contributed by atoms with E-state index in [-0.39, 0.29) is 24.4 Å². The first-order valence-electron chi connectivity index (χ1n) is 8.50. The van der Waals surface area contributed by atoms with Gasteiger partial charge in [-0.05, 0) is 23.6 Å². The molecule has 0 aliphatic heterocycles. The molecule has 0 atom stereocenters. The maximum absolute atomic E-state index is 12.7. The van der Waals surface area contributed by atoms with Crippen molar-refractivity contribution < 1.29 is 4.79 Å². The van der Waals surface area contributed by atoms with E-state index in [1.54, 1.807) is 16.0 Å².